The topological polar surface area (TPSA) is 47.0 Å². The molecular formula is C20H19N3O. The van der Waals surface area contributed by atoms with Crippen LogP contribution in [0.1, 0.15) is 12.5 Å². The molecule has 0 bridgehead atoms. The van der Waals surface area contributed by atoms with Gasteiger partial charge in [-0.1, -0.05) is 18.2 Å². The zero-order valence-corrected chi connectivity index (χ0v) is 13.8. The van der Waals surface area contributed by atoms with Crippen LogP contribution in [0.3, 0.4) is 0 Å². The third-order valence-corrected chi connectivity index (χ3v) is 4.34. The van der Waals surface area contributed by atoms with Crippen molar-refractivity contribution in [2.24, 2.45) is 0 Å². The molecule has 2 aromatic heterocycles. The zero-order chi connectivity index (χ0) is 16.5. The van der Waals surface area contributed by atoms with Crippen LogP contribution >= 0.6 is 0 Å². The number of methoxy groups -OCH3 is 1. The molecule has 4 nitrogen and oxygen atoms in total. The lowest BCUT2D eigenvalue weighted by Crippen LogP contribution is -2.08. The highest BCUT2D eigenvalue weighted by Crippen LogP contribution is 2.34. The molecule has 0 saturated carbocycles. The summed E-state index contributed by atoms with van der Waals surface area (Å²) < 4.78 is 5.35. The van der Waals surface area contributed by atoms with Gasteiger partial charge in [0.05, 0.1) is 12.8 Å². The molecule has 1 aliphatic rings. The summed E-state index contributed by atoms with van der Waals surface area (Å²) in [4.78, 5) is 9.20. The zero-order valence-electron chi connectivity index (χ0n) is 13.8. The molecule has 120 valence electrons. The molecule has 1 aliphatic heterocycles. The number of rotatable bonds is 3. The molecule has 0 fully saturated rings. The van der Waals surface area contributed by atoms with Gasteiger partial charge in [-0.3, -0.25) is 4.98 Å². The second-order valence-electron chi connectivity index (χ2n) is 6.11. The number of anilines is 1. The lowest BCUT2D eigenvalue weighted by molar-refractivity contribution is 0.415. The van der Waals surface area contributed by atoms with E-state index >= 15 is 0 Å². The fraction of sp³-hybridized carbons (Fsp3) is 0.200. The predicted molar refractivity (Wildman–Crippen MR) is 96.2 cm³/mol. The van der Waals surface area contributed by atoms with Crippen LogP contribution in [0.5, 0.6) is 5.75 Å². The summed E-state index contributed by atoms with van der Waals surface area (Å²) in [6.07, 6.45) is 4.75. The quantitative estimate of drug-likeness (QED) is 0.787. The minimum absolute atomic E-state index is 0.439. The van der Waals surface area contributed by atoms with Crippen molar-refractivity contribution in [3.63, 3.8) is 0 Å². The highest BCUT2D eigenvalue weighted by Gasteiger charge is 2.19. The number of fused-ring (bicyclic) bond motifs is 1. The van der Waals surface area contributed by atoms with E-state index in [1.807, 2.05) is 36.7 Å². The number of aromatic nitrogens is 2. The number of nitrogens with one attached hydrogen (secondary N) is 1. The third kappa shape index (κ3) is 2.60. The Morgan fingerprint density at radius 3 is 2.88 bits per heavy atom. The van der Waals surface area contributed by atoms with Crippen LogP contribution in [0.15, 0.2) is 54.9 Å². The van der Waals surface area contributed by atoms with E-state index in [2.05, 4.69) is 40.4 Å². The summed E-state index contributed by atoms with van der Waals surface area (Å²) in [7, 11) is 1.68. The highest BCUT2D eigenvalue weighted by molar-refractivity contribution is 5.81. The Balaban J connectivity index is 1.81. The number of pyridine rings is 2. The maximum absolute atomic E-state index is 5.35. The SMILES string of the molecule is COc1cccc(-c2ncccc2-c2cnc3c(c2)CC(C)N3)c1. The average Bonchev–Trinajstić information content (AvgIpc) is 3.01. The normalized spacial score (nSPS) is 15.7. The highest BCUT2D eigenvalue weighted by atomic mass is 16.5. The maximum atomic E-state index is 5.35. The standard InChI is InChI=1S/C20H19N3O/c1-13-9-15-10-16(12-22-20(15)23-13)18-7-4-8-21-19(18)14-5-3-6-17(11-14)24-2/h3-8,10-13H,9H2,1-2H3,(H,22,23). The Hall–Kier alpha value is -2.88. The smallest absolute Gasteiger partial charge is 0.129 e. The summed E-state index contributed by atoms with van der Waals surface area (Å²) in [6.45, 7) is 2.17. The van der Waals surface area contributed by atoms with Crippen LogP contribution in [0.4, 0.5) is 5.82 Å². The minimum Gasteiger partial charge on any atom is -0.497 e. The van der Waals surface area contributed by atoms with Gasteiger partial charge in [0.1, 0.15) is 11.6 Å². The lowest BCUT2D eigenvalue weighted by atomic mass is 9.99. The largest absolute Gasteiger partial charge is 0.497 e. The van der Waals surface area contributed by atoms with E-state index in [1.165, 1.54) is 5.56 Å². The average molecular weight is 317 g/mol. The van der Waals surface area contributed by atoms with Gasteiger partial charge >= 0.3 is 0 Å². The molecule has 4 rings (SSSR count). The van der Waals surface area contributed by atoms with Crippen molar-refractivity contribution in [1.82, 2.24) is 9.97 Å². The van der Waals surface area contributed by atoms with Gasteiger partial charge in [-0.2, -0.15) is 0 Å². The third-order valence-electron chi connectivity index (χ3n) is 4.34. The van der Waals surface area contributed by atoms with Gasteiger partial charge in [0, 0.05) is 35.1 Å². The molecule has 3 aromatic rings. The Kier molecular flexibility index (Phi) is 3.65. The molecular weight excluding hydrogens is 298 g/mol. The molecule has 0 spiro atoms. The summed E-state index contributed by atoms with van der Waals surface area (Å²) in [5, 5.41) is 3.39. The molecule has 1 atom stereocenters. The first kappa shape index (κ1) is 14.7. The van der Waals surface area contributed by atoms with Gasteiger partial charge in [-0.25, -0.2) is 4.98 Å². The Labute approximate surface area is 141 Å². The lowest BCUT2D eigenvalue weighted by Gasteiger charge is -2.11. The van der Waals surface area contributed by atoms with E-state index in [-0.39, 0.29) is 0 Å². The molecule has 1 unspecified atom stereocenters. The van der Waals surface area contributed by atoms with Crippen LogP contribution in [-0.2, 0) is 6.42 Å². The molecule has 1 aromatic carbocycles. The molecule has 4 heteroatoms. The van der Waals surface area contributed by atoms with E-state index in [0.29, 0.717) is 6.04 Å². The monoisotopic (exact) mass is 317 g/mol. The van der Waals surface area contributed by atoms with E-state index in [0.717, 1.165) is 40.4 Å². The number of benzene rings is 1. The van der Waals surface area contributed by atoms with Gasteiger partial charge in [-0.15, -0.1) is 0 Å². The van der Waals surface area contributed by atoms with Crippen LogP contribution in [0, 0.1) is 0 Å². The molecule has 0 saturated heterocycles. The van der Waals surface area contributed by atoms with Crippen LogP contribution in [0.2, 0.25) is 0 Å². The number of nitrogens with zero attached hydrogens (tertiary/aromatic N) is 2. The van der Waals surface area contributed by atoms with E-state index in [1.54, 1.807) is 7.11 Å². The minimum atomic E-state index is 0.439. The van der Waals surface area contributed by atoms with Gasteiger partial charge in [0.2, 0.25) is 0 Å². The van der Waals surface area contributed by atoms with Gasteiger partial charge in [-0.05, 0) is 43.2 Å². The Bertz CT molecular complexity index is 892. The van der Waals surface area contributed by atoms with Crippen molar-refractivity contribution in [1.29, 1.82) is 0 Å². The van der Waals surface area contributed by atoms with E-state index < -0.39 is 0 Å². The van der Waals surface area contributed by atoms with E-state index in [4.69, 9.17) is 4.74 Å². The Morgan fingerprint density at radius 2 is 2.00 bits per heavy atom. The van der Waals surface area contributed by atoms with Crippen molar-refractivity contribution < 1.29 is 4.74 Å². The number of hydrogen-bond acceptors (Lipinski definition) is 4. The molecule has 1 N–H and O–H groups in total. The first-order valence-electron chi connectivity index (χ1n) is 8.10. The molecule has 0 radical (unpaired) electrons. The number of hydrogen-bond donors (Lipinski definition) is 1. The fourth-order valence-corrected chi connectivity index (χ4v) is 3.20. The summed E-state index contributed by atoms with van der Waals surface area (Å²) >= 11 is 0. The summed E-state index contributed by atoms with van der Waals surface area (Å²) in [6, 6.07) is 14.7. The van der Waals surface area contributed by atoms with Crippen molar-refractivity contribution >= 4 is 5.82 Å². The first-order valence-corrected chi connectivity index (χ1v) is 8.10. The first-order chi connectivity index (χ1) is 11.7. The molecule has 0 amide bonds. The van der Waals surface area contributed by atoms with Crippen LogP contribution < -0.4 is 10.1 Å². The van der Waals surface area contributed by atoms with Crippen molar-refractivity contribution in [3.05, 3.63) is 60.4 Å². The molecule has 0 aliphatic carbocycles. The second kappa shape index (κ2) is 5.96. The van der Waals surface area contributed by atoms with Crippen molar-refractivity contribution in [2.45, 2.75) is 19.4 Å². The summed E-state index contributed by atoms with van der Waals surface area (Å²) in [5.74, 6) is 1.83. The second-order valence-corrected chi connectivity index (χ2v) is 6.11. The maximum Gasteiger partial charge on any atom is 0.129 e. The van der Waals surface area contributed by atoms with Gasteiger partial charge < -0.3 is 10.1 Å². The van der Waals surface area contributed by atoms with Crippen LogP contribution in [-0.4, -0.2) is 23.1 Å². The van der Waals surface area contributed by atoms with Crippen molar-refractivity contribution in [2.75, 3.05) is 12.4 Å². The van der Waals surface area contributed by atoms with Crippen molar-refractivity contribution in [3.8, 4) is 28.1 Å². The molecule has 24 heavy (non-hydrogen) atoms. The Morgan fingerprint density at radius 1 is 1.08 bits per heavy atom. The fourth-order valence-electron chi connectivity index (χ4n) is 3.20. The van der Waals surface area contributed by atoms with Gasteiger partial charge in [0.25, 0.3) is 0 Å². The predicted octanol–water partition coefficient (Wildman–Crippen LogP) is 4.18. The molecule has 3 heterocycles. The van der Waals surface area contributed by atoms with E-state index in [9.17, 15) is 0 Å². The van der Waals surface area contributed by atoms with Crippen LogP contribution in [0.25, 0.3) is 22.4 Å². The van der Waals surface area contributed by atoms with Gasteiger partial charge in [0.15, 0.2) is 0 Å². The number of ether oxygens (including phenoxy) is 1. The summed E-state index contributed by atoms with van der Waals surface area (Å²) in [5.41, 5.74) is 5.42.